The number of hydrogen-bond acceptors (Lipinski definition) is 9. The maximum atomic E-state index is 14.7. The van der Waals surface area contributed by atoms with E-state index >= 15 is 0 Å². The van der Waals surface area contributed by atoms with Crippen molar-refractivity contribution >= 4 is 23.0 Å². The standard InChI is InChI=1S/C25H26FN11/c1-16(2)18-12-29-25(30-13-18)35-8-5-17(6-9-35)24-28-14-22-23(27-7-10-36(22)24)32-19-3-4-21(20(26)11-19)37-15-31-33-34-37/h3-4,7,10-17H,5-6,8-9H2,1-2H3,(H,27,32). The molecule has 1 fully saturated rings. The Labute approximate surface area is 212 Å². The fourth-order valence-corrected chi connectivity index (χ4v) is 4.66. The van der Waals surface area contributed by atoms with Crippen LogP contribution < -0.4 is 10.2 Å². The molecule has 12 heteroatoms. The number of tetrazole rings is 1. The zero-order chi connectivity index (χ0) is 25.4. The normalized spacial score (nSPS) is 14.5. The Bertz CT molecular complexity index is 1500. The number of benzene rings is 1. The number of aromatic nitrogens is 9. The number of fused-ring (bicyclic) bond motifs is 1. The highest BCUT2D eigenvalue weighted by atomic mass is 19.1. The highest BCUT2D eigenvalue weighted by Gasteiger charge is 2.26. The molecule has 0 atom stereocenters. The Morgan fingerprint density at radius 2 is 1.84 bits per heavy atom. The molecule has 1 aliphatic rings. The van der Waals surface area contributed by atoms with Gasteiger partial charge in [0.15, 0.2) is 11.6 Å². The van der Waals surface area contributed by atoms with Crippen LogP contribution in [0.3, 0.4) is 0 Å². The lowest BCUT2D eigenvalue weighted by molar-refractivity contribution is 0.479. The second kappa shape index (κ2) is 9.52. The van der Waals surface area contributed by atoms with E-state index in [1.54, 1.807) is 18.3 Å². The van der Waals surface area contributed by atoms with Gasteiger partial charge in [-0.3, -0.25) is 4.40 Å². The van der Waals surface area contributed by atoms with E-state index in [1.807, 2.05) is 24.8 Å². The second-order valence-electron chi connectivity index (χ2n) is 9.43. The number of imidazole rings is 1. The largest absolute Gasteiger partial charge is 0.341 e. The number of nitrogens with one attached hydrogen (secondary N) is 1. The monoisotopic (exact) mass is 499 g/mol. The third-order valence-electron chi connectivity index (χ3n) is 6.76. The van der Waals surface area contributed by atoms with E-state index in [4.69, 9.17) is 4.98 Å². The van der Waals surface area contributed by atoms with Crippen LogP contribution in [0.25, 0.3) is 11.2 Å². The van der Waals surface area contributed by atoms with Crippen molar-refractivity contribution < 1.29 is 4.39 Å². The predicted molar refractivity (Wildman–Crippen MR) is 136 cm³/mol. The number of nitrogens with zero attached hydrogens (tertiary/aromatic N) is 10. The van der Waals surface area contributed by atoms with Crippen LogP contribution in [-0.4, -0.2) is 57.6 Å². The molecule has 1 aliphatic heterocycles. The minimum absolute atomic E-state index is 0.265. The molecule has 5 aromatic rings. The first-order valence-corrected chi connectivity index (χ1v) is 12.3. The molecule has 0 bridgehead atoms. The summed E-state index contributed by atoms with van der Waals surface area (Å²) in [5.41, 5.74) is 2.81. The predicted octanol–water partition coefficient (Wildman–Crippen LogP) is 3.89. The van der Waals surface area contributed by atoms with Gasteiger partial charge < -0.3 is 10.2 Å². The Balaban J connectivity index is 1.18. The van der Waals surface area contributed by atoms with Crippen molar-refractivity contribution in [3.8, 4) is 5.69 Å². The molecular weight excluding hydrogens is 473 g/mol. The van der Waals surface area contributed by atoms with Gasteiger partial charge in [-0.25, -0.2) is 24.3 Å². The van der Waals surface area contributed by atoms with Crippen molar-refractivity contribution in [2.45, 2.75) is 38.5 Å². The van der Waals surface area contributed by atoms with Crippen molar-refractivity contribution in [2.24, 2.45) is 0 Å². The first-order chi connectivity index (χ1) is 18.1. The minimum atomic E-state index is -0.451. The van der Waals surface area contributed by atoms with Gasteiger partial charge >= 0.3 is 0 Å². The van der Waals surface area contributed by atoms with Gasteiger partial charge in [-0.15, -0.1) is 5.10 Å². The maximum Gasteiger partial charge on any atom is 0.225 e. The van der Waals surface area contributed by atoms with Crippen LogP contribution in [-0.2, 0) is 0 Å². The van der Waals surface area contributed by atoms with Crippen molar-refractivity contribution in [3.63, 3.8) is 0 Å². The van der Waals surface area contributed by atoms with E-state index in [0.29, 0.717) is 23.3 Å². The summed E-state index contributed by atoms with van der Waals surface area (Å²) in [6.45, 7) is 6.01. The molecule has 4 aromatic heterocycles. The molecule has 1 saturated heterocycles. The average molecular weight is 500 g/mol. The summed E-state index contributed by atoms with van der Waals surface area (Å²) in [6, 6.07) is 4.77. The van der Waals surface area contributed by atoms with Crippen LogP contribution in [0.15, 0.2) is 55.5 Å². The van der Waals surface area contributed by atoms with E-state index in [2.05, 4.69) is 58.9 Å². The number of hydrogen-bond donors (Lipinski definition) is 1. The molecule has 0 saturated carbocycles. The third kappa shape index (κ3) is 4.46. The van der Waals surface area contributed by atoms with Gasteiger partial charge in [0.05, 0.1) is 6.20 Å². The molecule has 0 spiro atoms. The molecule has 0 unspecified atom stereocenters. The number of halogens is 1. The van der Waals surface area contributed by atoms with Crippen molar-refractivity contribution in [2.75, 3.05) is 23.3 Å². The third-order valence-corrected chi connectivity index (χ3v) is 6.76. The smallest absolute Gasteiger partial charge is 0.225 e. The van der Waals surface area contributed by atoms with E-state index in [9.17, 15) is 4.39 Å². The lowest BCUT2D eigenvalue weighted by Crippen LogP contribution is -2.34. The lowest BCUT2D eigenvalue weighted by atomic mass is 9.96. The average Bonchev–Trinajstić information content (AvgIpc) is 3.60. The summed E-state index contributed by atoms with van der Waals surface area (Å²) < 4.78 is 18.0. The van der Waals surface area contributed by atoms with Crippen LogP contribution in [0.2, 0.25) is 0 Å². The van der Waals surface area contributed by atoms with E-state index in [0.717, 1.165) is 48.8 Å². The highest BCUT2D eigenvalue weighted by molar-refractivity contribution is 5.73. The zero-order valence-electron chi connectivity index (χ0n) is 20.5. The molecule has 0 amide bonds. The van der Waals surface area contributed by atoms with E-state index < -0.39 is 5.82 Å². The van der Waals surface area contributed by atoms with E-state index in [1.165, 1.54) is 17.1 Å². The molecule has 37 heavy (non-hydrogen) atoms. The van der Waals surface area contributed by atoms with Crippen LogP contribution >= 0.6 is 0 Å². The van der Waals surface area contributed by atoms with Crippen LogP contribution in [0, 0.1) is 5.82 Å². The van der Waals surface area contributed by atoms with Crippen molar-refractivity contribution in [1.82, 2.24) is 44.5 Å². The maximum absolute atomic E-state index is 14.7. The number of anilines is 3. The summed E-state index contributed by atoms with van der Waals surface area (Å²) in [6.07, 6.45) is 12.6. The summed E-state index contributed by atoms with van der Waals surface area (Å²) in [5, 5.41) is 14.1. The molecular formula is C25H26FN11. The first-order valence-electron chi connectivity index (χ1n) is 12.3. The fraction of sp³-hybridized carbons (Fsp3) is 0.320. The highest BCUT2D eigenvalue weighted by Crippen LogP contribution is 2.31. The number of rotatable bonds is 6. The second-order valence-corrected chi connectivity index (χ2v) is 9.43. The van der Waals surface area contributed by atoms with Gasteiger partial charge in [0.2, 0.25) is 5.95 Å². The zero-order valence-corrected chi connectivity index (χ0v) is 20.5. The molecule has 188 valence electrons. The minimum Gasteiger partial charge on any atom is -0.341 e. The summed E-state index contributed by atoms with van der Waals surface area (Å²) in [7, 11) is 0. The SMILES string of the molecule is CC(C)c1cnc(N2CCC(c3ncc4c(Nc5ccc(-n6cnnn6)c(F)c5)nccn34)CC2)nc1. The molecule has 6 rings (SSSR count). The first kappa shape index (κ1) is 23.0. The van der Waals surface area contributed by atoms with Crippen LogP contribution in [0.5, 0.6) is 0 Å². The van der Waals surface area contributed by atoms with Crippen molar-refractivity contribution in [3.05, 3.63) is 72.7 Å². The van der Waals surface area contributed by atoms with Gasteiger partial charge in [0.1, 0.15) is 23.4 Å². The molecule has 1 N–H and O–H groups in total. The van der Waals surface area contributed by atoms with E-state index in [-0.39, 0.29) is 5.69 Å². The molecule has 0 radical (unpaired) electrons. The molecule has 11 nitrogen and oxygen atoms in total. The Hall–Kier alpha value is -4.48. The summed E-state index contributed by atoms with van der Waals surface area (Å²) >= 11 is 0. The topological polar surface area (TPSA) is 115 Å². The lowest BCUT2D eigenvalue weighted by Gasteiger charge is -2.31. The fourth-order valence-electron chi connectivity index (χ4n) is 4.66. The van der Waals surface area contributed by atoms with Crippen molar-refractivity contribution in [1.29, 1.82) is 0 Å². The van der Waals surface area contributed by atoms with Gasteiger partial charge in [-0.2, -0.15) is 4.68 Å². The molecule has 5 heterocycles. The Morgan fingerprint density at radius 3 is 2.54 bits per heavy atom. The van der Waals surface area contributed by atoms with Crippen LogP contribution in [0.4, 0.5) is 21.8 Å². The summed E-state index contributed by atoms with van der Waals surface area (Å²) in [4.78, 5) is 20.6. The quantitative estimate of drug-likeness (QED) is 0.372. The van der Waals surface area contributed by atoms with Gasteiger partial charge in [0.25, 0.3) is 0 Å². The number of piperidine rings is 1. The van der Waals surface area contributed by atoms with Gasteiger partial charge in [0, 0.05) is 49.5 Å². The Morgan fingerprint density at radius 1 is 1.03 bits per heavy atom. The van der Waals surface area contributed by atoms with Gasteiger partial charge in [-0.1, -0.05) is 13.8 Å². The Kier molecular flexibility index (Phi) is 5.91. The summed E-state index contributed by atoms with van der Waals surface area (Å²) in [5.74, 6) is 2.65. The van der Waals surface area contributed by atoms with Crippen LogP contribution in [0.1, 0.15) is 49.9 Å². The molecule has 0 aliphatic carbocycles. The molecule has 1 aromatic carbocycles. The van der Waals surface area contributed by atoms with Gasteiger partial charge in [-0.05, 0) is 52.9 Å².